The Kier molecular flexibility index (Phi) is 8.83. The summed E-state index contributed by atoms with van der Waals surface area (Å²) in [4.78, 5) is 24.4. The second-order valence-corrected chi connectivity index (χ2v) is 15.1. The highest BCUT2D eigenvalue weighted by atomic mass is 16.5. The fourth-order valence-electron chi connectivity index (χ4n) is 10.9. The first-order valence-corrected chi connectivity index (χ1v) is 17.3. The lowest BCUT2D eigenvalue weighted by molar-refractivity contribution is -0.197. The van der Waals surface area contributed by atoms with Gasteiger partial charge in [0, 0.05) is 19.3 Å². The molecule has 0 saturated heterocycles. The lowest BCUT2D eigenvalue weighted by Gasteiger charge is -2.62. The highest BCUT2D eigenvalue weighted by Gasteiger charge is 2.65. The molecule has 0 amide bonds. The number of hydrogen-bond acceptors (Lipinski definition) is 4. The molecule has 44 heavy (non-hydrogen) atoms. The summed E-state index contributed by atoms with van der Waals surface area (Å²) in [5.41, 5.74) is 4.01. The van der Waals surface area contributed by atoms with Crippen LogP contribution in [0.1, 0.15) is 104 Å². The van der Waals surface area contributed by atoms with Crippen LogP contribution in [0.3, 0.4) is 0 Å². The number of allylic oxidation sites excluding steroid dienone is 1. The third-order valence-electron chi connectivity index (χ3n) is 13.0. The summed E-state index contributed by atoms with van der Waals surface area (Å²) in [6.45, 7) is 10.6. The summed E-state index contributed by atoms with van der Waals surface area (Å²) in [5, 5.41) is 0. The molecule has 4 nitrogen and oxygen atoms in total. The van der Waals surface area contributed by atoms with Crippen molar-refractivity contribution in [3.05, 3.63) is 77.9 Å². The van der Waals surface area contributed by atoms with Crippen LogP contribution in [-0.2, 0) is 19.1 Å². The number of carbonyl (C=O) groups is 2. The topological polar surface area (TPSA) is 52.6 Å². The fraction of sp³-hybridized carbons (Fsp3) is 0.600. The molecule has 0 aliphatic heterocycles. The molecule has 0 bridgehead atoms. The van der Waals surface area contributed by atoms with Gasteiger partial charge >= 0.3 is 11.9 Å². The Morgan fingerprint density at radius 3 is 2.07 bits per heavy atom. The van der Waals surface area contributed by atoms with E-state index in [1.165, 1.54) is 49.3 Å². The van der Waals surface area contributed by atoms with Gasteiger partial charge in [-0.2, -0.15) is 0 Å². The number of carbonyl (C=O) groups excluding carboxylic acids is 2. The van der Waals surface area contributed by atoms with Crippen molar-refractivity contribution in [2.75, 3.05) is 0 Å². The molecule has 4 heteroatoms. The van der Waals surface area contributed by atoms with Crippen molar-refractivity contribution < 1.29 is 19.1 Å². The van der Waals surface area contributed by atoms with E-state index in [1.54, 1.807) is 6.92 Å². The molecule has 4 fully saturated rings. The SMILES string of the molecule is CC(=O)OC1CC[C@@]2(C)C(CCC3C2CC(OC(C)=O)[C@]2(C)C(C(C)CC=C(c4ccccc4)c4ccccc4)CCC32)C1. The zero-order valence-electron chi connectivity index (χ0n) is 27.5. The Hall–Kier alpha value is -2.88. The van der Waals surface area contributed by atoms with Gasteiger partial charge < -0.3 is 9.47 Å². The first-order valence-electron chi connectivity index (χ1n) is 17.3. The molecule has 0 aromatic heterocycles. The maximum atomic E-state index is 12.6. The molecule has 0 heterocycles. The Bertz CT molecular complexity index is 1310. The fourth-order valence-corrected chi connectivity index (χ4v) is 10.9. The first-order chi connectivity index (χ1) is 21.1. The maximum Gasteiger partial charge on any atom is 0.302 e. The molecule has 2 aromatic carbocycles. The van der Waals surface area contributed by atoms with Crippen molar-refractivity contribution in [2.45, 2.75) is 105 Å². The molecule has 4 aliphatic carbocycles. The minimum Gasteiger partial charge on any atom is -0.463 e. The summed E-state index contributed by atoms with van der Waals surface area (Å²) >= 11 is 0. The van der Waals surface area contributed by atoms with Crippen LogP contribution in [0.5, 0.6) is 0 Å². The number of esters is 2. The Balaban J connectivity index is 1.26. The number of benzene rings is 2. The second kappa shape index (κ2) is 12.5. The van der Waals surface area contributed by atoms with E-state index in [-0.39, 0.29) is 35.0 Å². The maximum absolute atomic E-state index is 12.6. The van der Waals surface area contributed by atoms with Crippen LogP contribution >= 0.6 is 0 Å². The van der Waals surface area contributed by atoms with Gasteiger partial charge in [0.2, 0.25) is 0 Å². The van der Waals surface area contributed by atoms with Crippen LogP contribution in [0.2, 0.25) is 0 Å². The molecular formula is C40H52O4. The quantitative estimate of drug-likeness (QED) is 0.299. The van der Waals surface area contributed by atoms with E-state index in [1.807, 2.05) is 0 Å². The van der Waals surface area contributed by atoms with E-state index in [0.29, 0.717) is 35.5 Å². The molecule has 0 spiro atoms. The highest BCUT2D eigenvalue weighted by molar-refractivity contribution is 5.79. The van der Waals surface area contributed by atoms with Crippen LogP contribution in [-0.4, -0.2) is 24.1 Å². The van der Waals surface area contributed by atoms with E-state index in [2.05, 4.69) is 87.5 Å². The molecule has 0 radical (unpaired) electrons. The van der Waals surface area contributed by atoms with Gasteiger partial charge in [-0.1, -0.05) is 87.5 Å². The highest BCUT2D eigenvalue weighted by Crippen LogP contribution is 2.69. The number of hydrogen-bond donors (Lipinski definition) is 0. The van der Waals surface area contributed by atoms with E-state index >= 15 is 0 Å². The zero-order valence-corrected chi connectivity index (χ0v) is 27.5. The average molecular weight is 597 g/mol. The summed E-state index contributed by atoms with van der Waals surface area (Å²) in [6.07, 6.45) is 12.4. The molecule has 236 valence electrons. The van der Waals surface area contributed by atoms with E-state index < -0.39 is 0 Å². The summed E-state index contributed by atoms with van der Waals surface area (Å²) in [5.74, 6) is 3.07. The predicted octanol–water partition coefficient (Wildman–Crippen LogP) is 9.28. The Morgan fingerprint density at radius 2 is 1.45 bits per heavy atom. The van der Waals surface area contributed by atoms with E-state index in [4.69, 9.17) is 9.47 Å². The molecule has 6 rings (SSSR count). The third kappa shape index (κ3) is 5.67. The first kappa shape index (κ1) is 31.1. The minimum absolute atomic E-state index is 0.0160. The van der Waals surface area contributed by atoms with Crippen molar-refractivity contribution in [3.8, 4) is 0 Å². The molecule has 4 aliphatic rings. The molecule has 10 atom stereocenters. The third-order valence-corrected chi connectivity index (χ3v) is 13.0. The van der Waals surface area contributed by atoms with Crippen molar-refractivity contribution in [3.63, 3.8) is 0 Å². The van der Waals surface area contributed by atoms with Gasteiger partial charge in [-0.05, 0) is 115 Å². The Morgan fingerprint density at radius 1 is 0.818 bits per heavy atom. The van der Waals surface area contributed by atoms with Gasteiger partial charge in [-0.3, -0.25) is 9.59 Å². The van der Waals surface area contributed by atoms with Gasteiger partial charge in [0.1, 0.15) is 12.2 Å². The Labute approximate surface area is 265 Å². The average Bonchev–Trinajstić information content (AvgIpc) is 3.37. The van der Waals surface area contributed by atoms with Gasteiger partial charge in [-0.15, -0.1) is 0 Å². The number of rotatable bonds is 7. The monoisotopic (exact) mass is 596 g/mol. The number of ether oxygens (including phenoxy) is 2. The summed E-state index contributed by atoms with van der Waals surface area (Å²) < 4.78 is 12.1. The smallest absolute Gasteiger partial charge is 0.302 e. The van der Waals surface area contributed by atoms with Gasteiger partial charge in [-0.25, -0.2) is 0 Å². The van der Waals surface area contributed by atoms with E-state index in [9.17, 15) is 9.59 Å². The molecule has 2 aromatic rings. The summed E-state index contributed by atoms with van der Waals surface area (Å²) in [7, 11) is 0. The minimum atomic E-state index is -0.156. The van der Waals surface area contributed by atoms with Crippen molar-refractivity contribution >= 4 is 17.5 Å². The standard InChI is InChI=1S/C40H52O4/c1-26(16-18-33(29-12-8-6-9-13-29)30-14-10-7-11-15-30)35-20-21-36-34-19-17-31-24-32(43-27(2)41)22-23-39(31,4)37(34)25-38(40(35,36)5)44-28(3)42/h6-15,18,26,31-32,34-38H,16-17,19-25H2,1-5H3/t26?,31?,32?,34?,35?,36?,37?,38?,39-,40+/m0/s1. The van der Waals surface area contributed by atoms with Crippen LogP contribution in [0.25, 0.3) is 5.57 Å². The van der Waals surface area contributed by atoms with Crippen molar-refractivity contribution in [1.82, 2.24) is 0 Å². The molecule has 4 saturated carbocycles. The van der Waals surface area contributed by atoms with Gasteiger partial charge in [0.05, 0.1) is 0 Å². The lowest BCUT2D eigenvalue weighted by atomic mass is 9.43. The van der Waals surface area contributed by atoms with Gasteiger partial charge in [0.15, 0.2) is 0 Å². The molecule has 8 unspecified atom stereocenters. The van der Waals surface area contributed by atoms with Gasteiger partial charge in [0.25, 0.3) is 0 Å². The zero-order chi connectivity index (χ0) is 31.1. The largest absolute Gasteiger partial charge is 0.463 e. The molecular weight excluding hydrogens is 544 g/mol. The van der Waals surface area contributed by atoms with Crippen molar-refractivity contribution in [1.29, 1.82) is 0 Å². The van der Waals surface area contributed by atoms with Crippen LogP contribution < -0.4 is 0 Å². The summed E-state index contributed by atoms with van der Waals surface area (Å²) in [6, 6.07) is 21.5. The van der Waals surface area contributed by atoms with Crippen LogP contribution in [0.4, 0.5) is 0 Å². The number of fused-ring (bicyclic) bond motifs is 5. The van der Waals surface area contributed by atoms with E-state index in [0.717, 1.165) is 32.1 Å². The van der Waals surface area contributed by atoms with Crippen LogP contribution in [0.15, 0.2) is 66.7 Å². The molecule has 0 N–H and O–H groups in total. The van der Waals surface area contributed by atoms with Crippen LogP contribution in [0, 0.1) is 46.3 Å². The predicted molar refractivity (Wildman–Crippen MR) is 175 cm³/mol. The normalized spacial score (nSPS) is 36.6. The second-order valence-electron chi connectivity index (χ2n) is 15.1. The van der Waals surface area contributed by atoms with Crippen molar-refractivity contribution in [2.24, 2.45) is 46.3 Å². The lowest BCUT2D eigenvalue weighted by Crippen LogP contribution is -2.59.